The number of carbonyl (C=O) groups is 1. The fourth-order valence-corrected chi connectivity index (χ4v) is 1.24. The SMILES string of the molecule is COc1ccc(N(/C=C\[N+](=O)[O-])C(C)=O)cc1. The quantitative estimate of drug-likeness (QED) is 0.590. The lowest BCUT2D eigenvalue weighted by Crippen LogP contribution is -2.22. The van der Waals surface area contributed by atoms with Gasteiger partial charge in [-0.05, 0) is 24.3 Å². The molecule has 1 aromatic rings. The smallest absolute Gasteiger partial charge is 0.250 e. The summed E-state index contributed by atoms with van der Waals surface area (Å²) in [5.41, 5.74) is 0.538. The largest absolute Gasteiger partial charge is 0.497 e. The van der Waals surface area contributed by atoms with Gasteiger partial charge in [0.05, 0.1) is 18.2 Å². The maximum absolute atomic E-state index is 11.3. The monoisotopic (exact) mass is 236 g/mol. The number of benzene rings is 1. The molecule has 0 aliphatic rings. The normalized spacial score (nSPS) is 10.2. The Morgan fingerprint density at radius 1 is 1.41 bits per heavy atom. The van der Waals surface area contributed by atoms with Gasteiger partial charge < -0.3 is 4.74 Å². The maximum atomic E-state index is 11.3. The summed E-state index contributed by atoms with van der Waals surface area (Å²) in [6.07, 6.45) is 1.83. The summed E-state index contributed by atoms with van der Waals surface area (Å²) in [6.45, 7) is 1.33. The molecule has 0 unspecified atom stereocenters. The molecule has 0 saturated heterocycles. The van der Waals surface area contributed by atoms with Crippen molar-refractivity contribution in [2.75, 3.05) is 12.0 Å². The van der Waals surface area contributed by atoms with E-state index in [9.17, 15) is 14.9 Å². The third-order valence-corrected chi connectivity index (χ3v) is 2.03. The number of nitrogens with zero attached hydrogens (tertiary/aromatic N) is 2. The van der Waals surface area contributed by atoms with E-state index in [1.807, 2.05) is 0 Å². The van der Waals surface area contributed by atoms with E-state index in [1.54, 1.807) is 24.3 Å². The summed E-state index contributed by atoms with van der Waals surface area (Å²) in [7, 11) is 1.53. The van der Waals surface area contributed by atoms with Crippen LogP contribution in [0.5, 0.6) is 5.75 Å². The van der Waals surface area contributed by atoms with Crippen molar-refractivity contribution < 1.29 is 14.5 Å². The highest BCUT2D eigenvalue weighted by molar-refractivity contribution is 5.93. The summed E-state index contributed by atoms with van der Waals surface area (Å²) in [5.74, 6) is 0.337. The van der Waals surface area contributed by atoms with E-state index in [0.29, 0.717) is 17.6 Å². The number of anilines is 1. The third-order valence-electron chi connectivity index (χ3n) is 2.03. The molecule has 0 saturated carbocycles. The van der Waals surface area contributed by atoms with Crippen molar-refractivity contribution in [1.82, 2.24) is 0 Å². The van der Waals surface area contributed by atoms with Crippen molar-refractivity contribution in [1.29, 1.82) is 0 Å². The van der Waals surface area contributed by atoms with Crippen molar-refractivity contribution >= 4 is 11.6 Å². The first-order valence-electron chi connectivity index (χ1n) is 4.80. The summed E-state index contributed by atoms with van der Waals surface area (Å²) in [6, 6.07) is 6.63. The highest BCUT2D eigenvalue weighted by Crippen LogP contribution is 2.19. The molecule has 17 heavy (non-hydrogen) atoms. The first-order valence-corrected chi connectivity index (χ1v) is 4.80. The molecule has 90 valence electrons. The Labute approximate surface area is 98.3 Å². The minimum absolute atomic E-state index is 0.312. The highest BCUT2D eigenvalue weighted by atomic mass is 16.6. The van der Waals surface area contributed by atoms with Crippen LogP contribution in [0.25, 0.3) is 0 Å². The zero-order chi connectivity index (χ0) is 12.8. The van der Waals surface area contributed by atoms with E-state index in [0.717, 1.165) is 6.20 Å². The average molecular weight is 236 g/mol. The average Bonchev–Trinajstić information content (AvgIpc) is 2.29. The Bertz CT molecular complexity index is 439. The number of ether oxygens (including phenoxy) is 1. The molecular weight excluding hydrogens is 224 g/mol. The molecule has 0 spiro atoms. The molecule has 1 rings (SSSR count). The first-order chi connectivity index (χ1) is 8.04. The maximum Gasteiger partial charge on any atom is 0.250 e. The minimum atomic E-state index is -0.626. The molecule has 0 fully saturated rings. The van der Waals surface area contributed by atoms with Crippen molar-refractivity contribution in [3.8, 4) is 5.75 Å². The lowest BCUT2D eigenvalue weighted by molar-refractivity contribution is -0.402. The number of amides is 1. The summed E-state index contributed by atoms with van der Waals surface area (Å²) < 4.78 is 4.98. The molecule has 0 aliphatic heterocycles. The van der Waals surface area contributed by atoms with Crippen molar-refractivity contribution in [3.05, 3.63) is 46.8 Å². The second-order valence-electron chi connectivity index (χ2n) is 3.17. The van der Waals surface area contributed by atoms with Crippen molar-refractivity contribution in [2.24, 2.45) is 0 Å². The Kier molecular flexibility index (Phi) is 4.21. The van der Waals surface area contributed by atoms with Gasteiger partial charge in [-0.3, -0.25) is 19.8 Å². The molecular formula is C11H12N2O4. The standard InChI is InChI=1S/C11H12N2O4/c1-9(14)12(7-8-13(15)16)10-3-5-11(17-2)6-4-10/h3-8H,1-2H3/b8-7-. The van der Waals surface area contributed by atoms with Crippen LogP contribution >= 0.6 is 0 Å². The topological polar surface area (TPSA) is 72.7 Å². The Morgan fingerprint density at radius 3 is 2.41 bits per heavy atom. The fourth-order valence-electron chi connectivity index (χ4n) is 1.24. The van der Waals surface area contributed by atoms with E-state index in [4.69, 9.17) is 4.74 Å². The molecule has 0 radical (unpaired) electrons. The van der Waals surface area contributed by atoms with Gasteiger partial charge in [0.2, 0.25) is 5.91 Å². The van der Waals surface area contributed by atoms with E-state index < -0.39 is 4.92 Å². The van der Waals surface area contributed by atoms with Gasteiger partial charge in [0.15, 0.2) is 0 Å². The molecule has 0 bridgehead atoms. The molecule has 6 nitrogen and oxygen atoms in total. The second-order valence-corrected chi connectivity index (χ2v) is 3.17. The number of carbonyl (C=O) groups excluding carboxylic acids is 1. The van der Waals surface area contributed by atoms with E-state index in [-0.39, 0.29) is 5.91 Å². The summed E-state index contributed by atoms with van der Waals surface area (Å²) in [5, 5.41) is 10.2. The Morgan fingerprint density at radius 2 is 2.00 bits per heavy atom. The van der Waals surface area contributed by atoms with Crippen molar-refractivity contribution in [3.63, 3.8) is 0 Å². The van der Waals surface area contributed by atoms with E-state index >= 15 is 0 Å². The molecule has 0 heterocycles. The number of hydrogen-bond acceptors (Lipinski definition) is 4. The molecule has 0 N–H and O–H groups in total. The molecule has 1 aromatic carbocycles. The van der Waals surface area contributed by atoms with Gasteiger partial charge in [-0.25, -0.2) is 0 Å². The highest BCUT2D eigenvalue weighted by Gasteiger charge is 2.09. The third kappa shape index (κ3) is 3.60. The predicted molar refractivity (Wildman–Crippen MR) is 62.3 cm³/mol. The molecule has 1 amide bonds. The van der Waals surface area contributed by atoms with Gasteiger partial charge >= 0.3 is 0 Å². The number of methoxy groups -OCH3 is 1. The van der Waals surface area contributed by atoms with Crippen LogP contribution in [-0.2, 0) is 4.79 Å². The second kappa shape index (κ2) is 5.64. The zero-order valence-electron chi connectivity index (χ0n) is 9.49. The van der Waals surface area contributed by atoms with Crippen LogP contribution in [0.4, 0.5) is 5.69 Å². The van der Waals surface area contributed by atoms with Crippen LogP contribution in [0.2, 0.25) is 0 Å². The Hall–Kier alpha value is -2.37. The van der Waals surface area contributed by atoms with Gasteiger partial charge in [0.25, 0.3) is 6.20 Å². The van der Waals surface area contributed by atoms with E-state index in [1.165, 1.54) is 18.9 Å². The molecule has 0 atom stereocenters. The predicted octanol–water partition coefficient (Wildman–Crippen LogP) is 1.80. The lowest BCUT2D eigenvalue weighted by atomic mass is 10.3. The number of nitro groups is 1. The van der Waals surface area contributed by atoms with Gasteiger partial charge in [0, 0.05) is 12.6 Å². The fraction of sp³-hybridized carbons (Fsp3) is 0.182. The number of rotatable bonds is 4. The first kappa shape index (κ1) is 12.7. The van der Waals surface area contributed by atoms with Crippen LogP contribution in [0.3, 0.4) is 0 Å². The van der Waals surface area contributed by atoms with Gasteiger partial charge in [-0.1, -0.05) is 0 Å². The van der Waals surface area contributed by atoms with Gasteiger partial charge in [-0.15, -0.1) is 0 Å². The van der Waals surface area contributed by atoms with Gasteiger partial charge in [-0.2, -0.15) is 0 Å². The van der Waals surface area contributed by atoms with Crippen LogP contribution in [-0.4, -0.2) is 17.9 Å². The van der Waals surface area contributed by atoms with Crippen LogP contribution in [0.15, 0.2) is 36.7 Å². The summed E-state index contributed by atoms with van der Waals surface area (Å²) in [4.78, 5) is 22.1. The molecule has 6 heteroatoms. The Balaban J connectivity index is 2.97. The minimum Gasteiger partial charge on any atom is -0.497 e. The molecule has 0 aromatic heterocycles. The van der Waals surface area contributed by atoms with Crippen LogP contribution < -0.4 is 9.64 Å². The van der Waals surface area contributed by atoms with Crippen molar-refractivity contribution in [2.45, 2.75) is 6.92 Å². The van der Waals surface area contributed by atoms with Gasteiger partial charge in [0.1, 0.15) is 5.75 Å². The van der Waals surface area contributed by atoms with Crippen LogP contribution in [0.1, 0.15) is 6.92 Å². The summed E-state index contributed by atoms with van der Waals surface area (Å²) >= 11 is 0. The number of hydrogen-bond donors (Lipinski definition) is 0. The lowest BCUT2D eigenvalue weighted by Gasteiger charge is -2.15. The zero-order valence-corrected chi connectivity index (χ0v) is 9.49. The molecule has 0 aliphatic carbocycles. The van der Waals surface area contributed by atoms with E-state index in [2.05, 4.69) is 0 Å². The van der Waals surface area contributed by atoms with Crippen LogP contribution in [0, 0.1) is 10.1 Å².